The van der Waals surface area contributed by atoms with Crippen LogP contribution in [0.5, 0.6) is 5.75 Å². The van der Waals surface area contributed by atoms with Gasteiger partial charge in [0.25, 0.3) is 0 Å². The molecule has 4 nitrogen and oxygen atoms in total. The second-order valence-electron chi connectivity index (χ2n) is 4.94. The Morgan fingerprint density at radius 1 is 1.21 bits per heavy atom. The van der Waals surface area contributed by atoms with Crippen molar-refractivity contribution in [2.24, 2.45) is 0 Å². The van der Waals surface area contributed by atoms with Crippen LogP contribution < -0.4 is 4.74 Å². The molecular weight excluding hydrogens is 244 g/mol. The zero-order valence-electron chi connectivity index (χ0n) is 11.4. The number of allylic oxidation sites excluding steroid dienone is 1. The number of ether oxygens (including phenoxy) is 2. The van der Waals surface area contributed by atoms with Crippen molar-refractivity contribution in [3.63, 3.8) is 0 Å². The molecule has 1 rings (SSSR count). The van der Waals surface area contributed by atoms with Gasteiger partial charge in [0.15, 0.2) is 6.61 Å². The molecule has 0 aliphatic heterocycles. The van der Waals surface area contributed by atoms with E-state index in [9.17, 15) is 9.59 Å². The van der Waals surface area contributed by atoms with Crippen LogP contribution in [0.3, 0.4) is 0 Å². The van der Waals surface area contributed by atoms with E-state index in [-0.39, 0.29) is 6.61 Å². The standard InChI is InChI=1S/C15H18O4/c1-15(2,3)19-14(17)11-18-13-8-6-12(7-9-13)5-4-10-16/h4-10H,11H2,1-3H3/b5-4+. The Bertz CT molecular complexity index is 452. The van der Waals surface area contributed by atoms with E-state index in [1.807, 2.05) is 0 Å². The topological polar surface area (TPSA) is 52.6 Å². The van der Waals surface area contributed by atoms with E-state index < -0.39 is 11.6 Å². The van der Waals surface area contributed by atoms with Gasteiger partial charge >= 0.3 is 5.97 Å². The lowest BCUT2D eigenvalue weighted by molar-refractivity contribution is -0.157. The van der Waals surface area contributed by atoms with E-state index in [1.165, 1.54) is 6.08 Å². The minimum absolute atomic E-state index is 0.124. The maximum atomic E-state index is 11.4. The van der Waals surface area contributed by atoms with E-state index in [1.54, 1.807) is 51.1 Å². The number of hydrogen-bond acceptors (Lipinski definition) is 4. The molecule has 1 aromatic carbocycles. The van der Waals surface area contributed by atoms with Crippen LogP contribution in [0.15, 0.2) is 30.3 Å². The molecule has 0 fully saturated rings. The summed E-state index contributed by atoms with van der Waals surface area (Å²) in [7, 11) is 0. The van der Waals surface area contributed by atoms with E-state index in [0.717, 1.165) is 5.56 Å². The van der Waals surface area contributed by atoms with Crippen molar-refractivity contribution >= 4 is 18.3 Å². The highest BCUT2D eigenvalue weighted by Gasteiger charge is 2.16. The third kappa shape index (κ3) is 6.41. The first-order valence-corrected chi connectivity index (χ1v) is 5.97. The van der Waals surface area contributed by atoms with Gasteiger partial charge in [-0.05, 0) is 44.5 Å². The highest BCUT2D eigenvalue weighted by Crippen LogP contribution is 2.14. The fourth-order valence-corrected chi connectivity index (χ4v) is 1.34. The zero-order chi connectivity index (χ0) is 14.3. The Hall–Kier alpha value is -2.10. The predicted octanol–water partition coefficient (Wildman–Crippen LogP) is 2.62. The lowest BCUT2D eigenvalue weighted by atomic mass is 10.2. The third-order valence-corrected chi connectivity index (χ3v) is 2.02. The maximum Gasteiger partial charge on any atom is 0.344 e. The van der Waals surface area contributed by atoms with E-state index in [0.29, 0.717) is 12.0 Å². The number of hydrogen-bond donors (Lipinski definition) is 0. The first kappa shape index (κ1) is 15.0. The maximum absolute atomic E-state index is 11.4. The lowest BCUT2D eigenvalue weighted by Crippen LogP contribution is -2.27. The molecule has 0 amide bonds. The molecule has 0 aromatic heterocycles. The number of aldehydes is 1. The summed E-state index contributed by atoms with van der Waals surface area (Å²) >= 11 is 0. The first-order chi connectivity index (χ1) is 8.90. The van der Waals surface area contributed by atoms with Crippen molar-refractivity contribution in [3.05, 3.63) is 35.9 Å². The average Bonchev–Trinajstić information content (AvgIpc) is 2.33. The molecule has 0 aliphatic carbocycles. The number of benzene rings is 1. The Morgan fingerprint density at radius 3 is 2.37 bits per heavy atom. The van der Waals surface area contributed by atoms with Crippen LogP contribution in [0.25, 0.3) is 6.08 Å². The van der Waals surface area contributed by atoms with Gasteiger partial charge in [0, 0.05) is 0 Å². The fraction of sp³-hybridized carbons (Fsp3) is 0.333. The Balaban J connectivity index is 2.48. The van der Waals surface area contributed by atoms with Crippen LogP contribution in [0.2, 0.25) is 0 Å². The van der Waals surface area contributed by atoms with Crippen LogP contribution in [0, 0.1) is 0 Å². The minimum Gasteiger partial charge on any atom is -0.482 e. The van der Waals surface area contributed by atoms with Crippen LogP contribution in [-0.2, 0) is 14.3 Å². The zero-order valence-corrected chi connectivity index (χ0v) is 11.4. The first-order valence-electron chi connectivity index (χ1n) is 5.97. The summed E-state index contributed by atoms with van der Waals surface area (Å²) in [5.74, 6) is 0.173. The molecule has 0 saturated heterocycles. The largest absolute Gasteiger partial charge is 0.482 e. The van der Waals surface area contributed by atoms with Gasteiger partial charge in [-0.1, -0.05) is 18.2 Å². The predicted molar refractivity (Wildman–Crippen MR) is 72.9 cm³/mol. The summed E-state index contributed by atoms with van der Waals surface area (Å²) in [5, 5.41) is 0. The van der Waals surface area contributed by atoms with Crippen LogP contribution in [-0.4, -0.2) is 24.5 Å². The molecule has 0 unspecified atom stereocenters. The Labute approximate surface area is 113 Å². The Kier molecular flexibility index (Phi) is 5.30. The summed E-state index contributed by atoms with van der Waals surface area (Å²) in [5.41, 5.74) is 0.376. The summed E-state index contributed by atoms with van der Waals surface area (Å²) in [6.07, 6.45) is 3.81. The van der Waals surface area contributed by atoms with Crippen molar-refractivity contribution in [2.75, 3.05) is 6.61 Å². The minimum atomic E-state index is -0.510. The van der Waals surface area contributed by atoms with Gasteiger partial charge in [-0.3, -0.25) is 4.79 Å². The summed E-state index contributed by atoms with van der Waals surface area (Å²) < 4.78 is 10.4. The van der Waals surface area contributed by atoms with Crippen molar-refractivity contribution in [3.8, 4) is 5.75 Å². The van der Waals surface area contributed by atoms with E-state index in [2.05, 4.69) is 0 Å². The molecule has 0 spiro atoms. The van der Waals surface area contributed by atoms with Gasteiger partial charge in [0.2, 0.25) is 0 Å². The van der Waals surface area contributed by atoms with Crippen LogP contribution >= 0.6 is 0 Å². The molecule has 0 N–H and O–H groups in total. The molecule has 0 saturated carbocycles. The normalized spacial score (nSPS) is 11.3. The lowest BCUT2D eigenvalue weighted by Gasteiger charge is -2.19. The summed E-state index contributed by atoms with van der Waals surface area (Å²) in [6.45, 7) is 5.29. The summed E-state index contributed by atoms with van der Waals surface area (Å²) in [4.78, 5) is 21.6. The van der Waals surface area contributed by atoms with Crippen LogP contribution in [0.1, 0.15) is 26.3 Å². The number of carbonyl (C=O) groups is 2. The quantitative estimate of drug-likeness (QED) is 0.465. The molecule has 19 heavy (non-hydrogen) atoms. The second-order valence-corrected chi connectivity index (χ2v) is 4.94. The van der Waals surface area contributed by atoms with Gasteiger partial charge in [-0.2, -0.15) is 0 Å². The molecular formula is C15H18O4. The molecule has 0 atom stereocenters. The Morgan fingerprint density at radius 2 is 1.84 bits per heavy atom. The van der Waals surface area contributed by atoms with Crippen molar-refractivity contribution in [1.29, 1.82) is 0 Å². The second kappa shape index (κ2) is 6.73. The number of carbonyl (C=O) groups excluding carboxylic acids is 2. The fourth-order valence-electron chi connectivity index (χ4n) is 1.34. The monoisotopic (exact) mass is 262 g/mol. The summed E-state index contributed by atoms with van der Waals surface area (Å²) in [6, 6.07) is 7.05. The number of esters is 1. The molecule has 102 valence electrons. The van der Waals surface area contributed by atoms with E-state index in [4.69, 9.17) is 9.47 Å². The van der Waals surface area contributed by atoms with Gasteiger partial charge < -0.3 is 9.47 Å². The van der Waals surface area contributed by atoms with Crippen molar-refractivity contribution in [2.45, 2.75) is 26.4 Å². The van der Waals surface area contributed by atoms with Gasteiger partial charge in [0.05, 0.1) is 0 Å². The molecule has 0 aliphatic rings. The molecule has 0 radical (unpaired) electrons. The molecule has 0 heterocycles. The average molecular weight is 262 g/mol. The van der Waals surface area contributed by atoms with Gasteiger partial charge in [-0.25, -0.2) is 4.79 Å². The highest BCUT2D eigenvalue weighted by molar-refractivity contribution is 5.74. The molecule has 4 heteroatoms. The van der Waals surface area contributed by atoms with Gasteiger partial charge in [-0.15, -0.1) is 0 Å². The molecule has 1 aromatic rings. The number of rotatable bonds is 5. The third-order valence-electron chi connectivity index (χ3n) is 2.02. The van der Waals surface area contributed by atoms with E-state index >= 15 is 0 Å². The van der Waals surface area contributed by atoms with Gasteiger partial charge in [0.1, 0.15) is 17.6 Å². The SMILES string of the molecule is CC(C)(C)OC(=O)COc1ccc(/C=C/C=O)cc1. The molecule has 0 bridgehead atoms. The highest BCUT2D eigenvalue weighted by atomic mass is 16.6. The van der Waals surface area contributed by atoms with Crippen molar-refractivity contribution < 1.29 is 19.1 Å². The smallest absolute Gasteiger partial charge is 0.344 e. The van der Waals surface area contributed by atoms with Crippen molar-refractivity contribution in [1.82, 2.24) is 0 Å². The van der Waals surface area contributed by atoms with Crippen LogP contribution in [0.4, 0.5) is 0 Å².